The van der Waals surface area contributed by atoms with Crippen LogP contribution in [0.5, 0.6) is 5.75 Å². The first-order valence-corrected chi connectivity index (χ1v) is 12.0. The smallest absolute Gasteiger partial charge is 0.408 e. The zero-order valence-electron chi connectivity index (χ0n) is 22.0. The Labute approximate surface area is 221 Å². The Kier molecular flexibility index (Phi) is 11.5. The molecule has 0 aliphatic carbocycles. The third-order valence-corrected chi connectivity index (χ3v) is 5.07. The Morgan fingerprint density at radius 3 is 2.11 bits per heavy atom. The van der Waals surface area contributed by atoms with E-state index in [-0.39, 0.29) is 6.42 Å². The number of methoxy groups -OCH3 is 1. The molecule has 0 spiro atoms. The van der Waals surface area contributed by atoms with Crippen LogP contribution in [-0.2, 0) is 36.9 Å². The number of carbonyl (C=O) groups is 4. The molecule has 0 saturated heterocycles. The highest BCUT2D eigenvalue weighted by atomic mass is 16.6. The van der Waals surface area contributed by atoms with E-state index in [1.807, 2.05) is 30.3 Å². The van der Waals surface area contributed by atoms with Crippen LogP contribution in [0, 0.1) is 0 Å². The van der Waals surface area contributed by atoms with E-state index in [2.05, 4.69) is 20.7 Å². The second kappa shape index (κ2) is 14.6. The van der Waals surface area contributed by atoms with E-state index in [1.54, 1.807) is 45.0 Å². The largest absolute Gasteiger partial charge is 0.489 e. The average Bonchev–Trinajstić information content (AvgIpc) is 2.88. The summed E-state index contributed by atoms with van der Waals surface area (Å²) in [4.78, 5) is 49.2. The minimum Gasteiger partial charge on any atom is -0.489 e. The van der Waals surface area contributed by atoms with Crippen LogP contribution in [0.15, 0.2) is 54.6 Å². The van der Waals surface area contributed by atoms with Crippen molar-refractivity contribution in [1.82, 2.24) is 16.0 Å². The SMILES string of the molecule is COC(=O)CNC(=O)[C@H](Cc1ccc(OCc2ccccc2)cc1)NC(=O)[C@H](CO)NC(=O)OC(C)(C)C. The number of ether oxygens (including phenoxy) is 3. The molecule has 0 aliphatic heterocycles. The molecule has 0 aromatic heterocycles. The molecule has 206 valence electrons. The van der Waals surface area contributed by atoms with Crippen LogP contribution in [0.3, 0.4) is 0 Å². The van der Waals surface area contributed by atoms with Gasteiger partial charge in [-0.1, -0.05) is 42.5 Å². The van der Waals surface area contributed by atoms with Crippen molar-refractivity contribution in [1.29, 1.82) is 0 Å². The number of amides is 3. The van der Waals surface area contributed by atoms with E-state index < -0.39 is 54.7 Å². The predicted octanol–water partition coefficient (Wildman–Crippen LogP) is 1.47. The molecular weight excluding hydrogens is 494 g/mol. The summed E-state index contributed by atoms with van der Waals surface area (Å²) in [5.41, 5.74) is 0.893. The Bertz CT molecular complexity index is 1070. The number of benzene rings is 2. The number of carbonyl (C=O) groups excluding carboxylic acids is 4. The number of nitrogens with one attached hydrogen (secondary N) is 3. The van der Waals surface area contributed by atoms with Crippen molar-refractivity contribution in [3.8, 4) is 5.75 Å². The minimum atomic E-state index is -1.37. The third kappa shape index (κ3) is 10.9. The second-order valence-corrected chi connectivity index (χ2v) is 9.36. The maximum atomic E-state index is 12.8. The average molecular weight is 530 g/mol. The minimum absolute atomic E-state index is 0.0578. The van der Waals surface area contributed by atoms with Gasteiger partial charge in [-0.05, 0) is 44.0 Å². The van der Waals surface area contributed by atoms with Crippen LogP contribution < -0.4 is 20.7 Å². The summed E-state index contributed by atoms with van der Waals surface area (Å²) in [5.74, 6) is -1.50. The van der Waals surface area contributed by atoms with Crippen molar-refractivity contribution in [3.05, 3.63) is 65.7 Å². The Hall–Kier alpha value is -4.12. The standard InChI is InChI=1S/C27H35N3O8/c1-27(2,3)38-26(35)30-22(16-31)25(34)29-21(24(33)28-15-23(32)36-4)14-18-10-12-20(13-11-18)37-17-19-8-6-5-7-9-19/h5-13,21-22,31H,14-17H2,1-4H3,(H,28,33)(H,29,34)(H,30,35)/t21-,22-/m0/s1. The first kappa shape index (κ1) is 30.1. The first-order valence-electron chi connectivity index (χ1n) is 12.0. The molecule has 11 heteroatoms. The van der Waals surface area contributed by atoms with Gasteiger partial charge in [0.15, 0.2) is 0 Å². The molecular formula is C27H35N3O8. The summed E-state index contributed by atoms with van der Waals surface area (Å²) in [5, 5.41) is 16.9. The van der Waals surface area contributed by atoms with Gasteiger partial charge in [0.1, 0.15) is 36.6 Å². The molecule has 0 fully saturated rings. The Morgan fingerprint density at radius 2 is 1.53 bits per heavy atom. The molecule has 2 rings (SSSR count). The predicted molar refractivity (Wildman–Crippen MR) is 138 cm³/mol. The van der Waals surface area contributed by atoms with E-state index in [0.717, 1.165) is 5.56 Å². The fourth-order valence-corrected chi connectivity index (χ4v) is 3.18. The van der Waals surface area contributed by atoms with Crippen LogP contribution >= 0.6 is 0 Å². The molecule has 2 aromatic carbocycles. The van der Waals surface area contributed by atoms with Crippen molar-refractivity contribution < 1.29 is 38.5 Å². The van der Waals surface area contributed by atoms with Gasteiger partial charge in [0, 0.05) is 6.42 Å². The van der Waals surface area contributed by atoms with Gasteiger partial charge in [-0.15, -0.1) is 0 Å². The highest BCUT2D eigenvalue weighted by Gasteiger charge is 2.28. The van der Waals surface area contributed by atoms with Crippen LogP contribution in [-0.4, -0.2) is 66.9 Å². The van der Waals surface area contributed by atoms with Gasteiger partial charge >= 0.3 is 12.1 Å². The molecule has 0 radical (unpaired) electrons. The summed E-state index contributed by atoms with van der Waals surface area (Å²) >= 11 is 0. The lowest BCUT2D eigenvalue weighted by molar-refractivity contribution is -0.141. The maximum absolute atomic E-state index is 12.8. The van der Waals surface area contributed by atoms with Gasteiger partial charge < -0.3 is 35.3 Å². The van der Waals surface area contributed by atoms with Gasteiger partial charge in [0.25, 0.3) is 0 Å². The van der Waals surface area contributed by atoms with Crippen molar-refractivity contribution in [2.24, 2.45) is 0 Å². The number of hydrogen-bond donors (Lipinski definition) is 4. The van der Waals surface area contributed by atoms with Gasteiger partial charge in [0.05, 0.1) is 13.7 Å². The first-order chi connectivity index (χ1) is 18.0. The molecule has 38 heavy (non-hydrogen) atoms. The lowest BCUT2D eigenvalue weighted by Crippen LogP contribution is -2.56. The van der Waals surface area contributed by atoms with E-state index in [9.17, 15) is 24.3 Å². The van der Waals surface area contributed by atoms with E-state index in [0.29, 0.717) is 17.9 Å². The lowest BCUT2D eigenvalue weighted by Gasteiger charge is -2.24. The van der Waals surface area contributed by atoms with Crippen LogP contribution in [0.4, 0.5) is 4.79 Å². The molecule has 4 N–H and O–H groups in total. The number of rotatable bonds is 12. The van der Waals surface area contributed by atoms with Crippen LogP contribution in [0.1, 0.15) is 31.9 Å². The number of esters is 1. The van der Waals surface area contributed by atoms with Gasteiger partial charge in [-0.25, -0.2) is 4.79 Å². The normalized spacial score (nSPS) is 12.4. The Balaban J connectivity index is 2.08. The molecule has 3 amide bonds. The van der Waals surface area contributed by atoms with Crippen molar-refractivity contribution in [2.45, 2.75) is 51.5 Å². The summed E-state index contributed by atoms with van der Waals surface area (Å²) in [6, 6.07) is 14.1. The van der Waals surface area contributed by atoms with Crippen LogP contribution in [0.25, 0.3) is 0 Å². The summed E-state index contributed by atoms with van der Waals surface area (Å²) in [6.07, 6.45) is -0.841. The molecule has 2 atom stereocenters. The number of alkyl carbamates (subject to hydrolysis) is 1. The summed E-state index contributed by atoms with van der Waals surface area (Å²) in [7, 11) is 1.18. The zero-order valence-corrected chi connectivity index (χ0v) is 22.0. The van der Waals surface area contributed by atoms with Gasteiger partial charge in [0.2, 0.25) is 11.8 Å². The quantitative estimate of drug-likeness (QED) is 0.302. The number of aliphatic hydroxyl groups excluding tert-OH is 1. The Morgan fingerprint density at radius 1 is 0.868 bits per heavy atom. The van der Waals surface area contributed by atoms with Crippen molar-refractivity contribution in [2.75, 3.05) is 20.3 Å². The highest BCUT2D eigenvalue weighted by molar-refractivity contribution is 5.92. The molecule has 0 aliphatic rings. The lowest BCUT2D eigenvalue weighted by atomic mass is 10.0. The monoisotopic (exact) mass is 529 g/mol. The molecule has 0 heterocycles. The van der Waals surface area contributed by atoms with E-state index in [1.165, 1.54) is 7.11 Å². The zero-order chi connectivity index (χ0) is 28.1. The molecule has 0 unspecified atom stereocenters. The highest BCUT2D eigenvalue weighted by Crippen LogP contribution is 2.16. The fourth-order valence-electron chi connectivity index (χ4n) is 3.18. The summed E-state index contributed by atoms with van der Waals surface area (Å²) in [6.45, 7) is 4.23. The van der Waals surface area contributed by atoms with E-state index >= 15 is 0 Å². The molecule has 11 nitrogen and oxygen atoms in total. The fraction of sp³-hybridized carbons (Fsp3) is 0.407. The van der Waals surface area contributed by atoms with Crippen molar-refractivity contribution >= 4 is 23.9 Å². The summed E-state index contributed by atoms with van der Waals surface area (Å²) < 4.78 is 15.4. The molecule has 0 bridgehead atoms. The second-order valence-electron chi connectivity index (χ2n) is 9.36. The maximum Gasteiger partial charge on any atom is 0.408 e. The third-order valence-electron chi connectivity index (χ3n) is 5.07. The van der Waals surface area contributed by atoms with Gasteiger partial charge in [-0.2, -0.15) is 0 Å². The molecule has 0 saturated carbocycles. The van der Waals surface area contributed by atoms with E-state index in [4.69, 9.17) is 9.47 Å². The van der Waals surface area contributed by atoms with Gasteiger partial charge in [-0.3, -0.25) is 14.4 Å². The molecule has 2 aromatic rings. The van der Waals surface area contributed by atoms with Crippen molar-refractivity contribution in [3.63, 3.8) is 0 Å². The number of hydrogen-bond acceptors (Lipinski definition) is 8. The number of aliphatic hydroxyl groups is 1. The topological polar surface area (TPSA) is 152 Å². The van der Waals surface area contributed by atoms with Crippen LogP contribution in [0.2, 0.25) is 0 Å².